The number of benzene rings is 1. The maximum absolute atomic E-state index is 14.0. The molecule has 2 aromatic heterocycles. The molecule has 0 saturated carbocycles. The average Bonchev–Trinajstić information content (AvgIpc) is 3.23. The molecule has 2 aliphatic heterocycles. The fourth-order valence-corrected chi connectivity index (χ4v) is 5.95. The highest BCUT2D eigenvalue weighted by atomic mass is 32.2. The number of hydrogen-bond donors (Lipinski definition) is 1. The lowest BCUT2D eigenvalue weighted by Gasteiger charge is -2.38. The molecule has 0 atom stereocenters. The lowest BCUT2D eigenvalue weighted by atomic mass is 10.0. The molecule has 1 saturated heterocycles. The molecular weight excluding hydrogens is 445 g/mol. The van der Waals surface area contributed by atoms with E-state index in [0.717, 1.165) is 22.2 Å². The van der Waals surface area contributed by atoms with Crippen LogP contribution in [0.25, 0.3) is 27.7 Å². The first-order chi connectivity index (χ1) is 15.9. The molecule has 0 amide bonds. The van der Waals surface area contributed by atoms with Crippen LogP contribution in [0.2, 0.25) is 0 Å². The van der Waals surface area contributed by atoms with Crippen molar-refractivity contribution in [2.45, 2.75) is 6.42 Å². The Morgan fingerprint density at radius 2 is 2.03 bits per heavy atom. The number of fused-ring (bicyclic) bond motifs is 1. The van der Waals surface area contributed by atoms with E-state index in [1.54, 1.807) is 19.4 Å². The number of halogens is 1. The van der Waals surface area contributed by atoms with Gasteiger partial charge in [-0.25, -0.2) is 9.37 Å². The molecule has 0 spiro atoms. The van der Waals surface area contributed by atoms with E-state index in [0.29, 0.717) is 29.9 Å². The molecule has 0 radical (unpaired) electrons. The Kier molecular flexibility index (Phi) is 5.40. The quantitative estimate of drug-likeness (QED) is 0.621. The van der Waals surface area contributed by atoms with Gasteiger partial charge in [-0.1, -0.05) is 6.08 Å². The molecule has 1 aromatic carbocycles. The Labute approximate surface area is 191 Å². The van der Waals surface area contributed by atoms with Gasteiger partial charge >= 0.3 is 0 Å². The number of aromatic amines is 1. The summed E-state index contributed by atoms with van der Waals surface area (Å²) in [5.74, 6) is -0.0134. The van der Waals surface area contributed by atoms with Gasteiger partial charge in [0.15, 0.2) is 0 Å². The smallest absolute Gasteiger partial charge is 0.282 e. The number of hydrogen-bond acceptors (Lipinski definition) is 5. The van der Waals surface area contributed by atoms with Crippen LogP contribution in [0.3, 0.4) is 0 Å². The van der Waals surface area contributed by atoms with E-state index in [4.69, 9.17) is 10.00 Å². The van der Waals surface area contributed by atoms with Gasteiger partial charge in [0.2, 0.25) is 0 Å². The number of nitriles is 1. The van der Waals surface area contributed by atoms with E-state index in [-0.39, 0.29) is 31.4 Å². The Morgan fingerprint density at radius 1 is 1.21 bits per heavy atom. The van der Waals surface area contributed by atoms with Crippen molar-refractivity contribution in [3.05, 3.63) is 54.1 Å². The molecule has 3 aromatic rings. The number of rotatable bonds is 5. The minimum absolute atomic E-state index is 0.222. The summed E-state index contributed by atoms with van der Waals surface area (Å²) in [6, 6.07) is 10.3. The van der Waals surface area contributed by atoms with Crippen LogP contribution in [0.4, 0.5) is 4.39 Å². The lowest BCUT2D eigenvalue weighted by Crippen LogP contribution is -2.55. The number of nitrogens with one attached hydrogen (secondary N) is 1. The molecule has 0 aliphatic carbocycles. The molecule has 5 rings (SSSR count). The SMILES string of the molecule is COc1ccc(F)cc1-c1ccnc2[nH]c(C3=CCN(S(=O)(=O)N4CC(C#N)C4)CC3)cc12. The van der Waals surface area contributed by atoms with Crippen molar-refractivity contribution in [2.24, 2.45) is 5.92 Å². The Balaban J connectivity index is 1.43. The summed E-state index contributed by atoms with van der Waals surface area (Å²) in [5, 5.41) is 9.74. The Hall–Kier alpha value is -3.26. The van der Waals surface area contributed by atoms with Gasteiger partial charge in [0.25, 0.3) is 10.2 Å². The van der Waals surface area contributed by atoms with Crippen LogP contribution in [-0.2, 0) is 10.2 Å². The second-order valence-corrected chi connectivity index (χ2v) is 10.1. The van der Waals surface area contributed by atoms with E-state index >= 15 is 0 Å². The minimum atomic E-state index is -3.55. The zero-order chi connectivity index (χ0) is 23.2. The lowest BCUT2D eigenvalue weighted by molar-refractivity contribution is 0.228. The van der Waals surface area contributed by atoms with Crippen LogP contribution in [0.1, 0.15) is 12.1 Å². The van der Waals surface area contributed by atoms with Crippen molar-refractivity contribution in [3.8, 4) is 22.9 Å². The molecule has 0 bridgehead atoms. The van der Waals surface area contributed by atoms with Crippen LogP contribution in [0.15, 0.2) is 42.6 Å². The van der Waals surface area contributed by atoms with E-state index in [2.05, 4.69) is 16.0 Å². The highest BCUT2D eigenvalue weighted by Gasteiger charge is 2.39. The third kappa shape index (κ3) is 3.78. The van der Waals surface area contributed by atoms with E-state index in [1.807, 2.05) is 18.2 Å². The van der Waals surface area contributed by atoms with Crippen molar-refractivity contribution >= 4 is 26.8 Å². The first-order valence-corrected chi connectivity index (χ1v) is 12.0. The highest BCUT2D eigenvalue weighted by molar-refractivity contribution is 7.86. The van der Waals surface area contributed by atoms with Crippen molar-refractivity contribution in [1.82, 2.24) is 18.6 Å². The van der Waals surface area contributed by atoms with Crippen LogP contribution >= 0.6 is 0 Å². The second kappa shape index (κ2) is 8.26. The largest absolute Gasteiger partial charge is 0.496 e. The summed E-state index contributed by atoms with van der Waals surface area (Å²) in [5.41, 5.74) is 3.94. The second-order valence-electron chi connectivity index (χ2n) is 8.14. The van der Waals surface area contributed by atoms with E-state index < -0.39 is 10.2 Å². The van der Waals surface area contributed by atoms with Gasteiger partial charge in [0.05, 0.1) is 19.1 Å². The fraction of sp³-hybridized carbons (Fsp3) is 0.304. The third-order valence-corrected chi connectivity index (χ3v) is 8.12. The van der Waals surface area contributed by atoms with Crippen molar-refractivity contribution < 1.29 is 17.5 Å². The summed E-state index contributed by atoms with van der Waals surface area (Å²) in [4.78, 5) is 7.73. The van der Waals surface area contributed by atoms with Gasteiger partial charge < -0.3 is 9.72 Å². The third-order valence-electron chi connectivity index (χ3n) is 6.18. The number of ether oxygens (including phenoxy) is 1. The number of aromatic nitrogens is 2. The summed E-state index contributed by atoms with van der Waals surface area (Å²) in [6.45, 7) is 1.13. The molecule has 0 unspecified atom stereocenters. The monoisotopic (exact) mass is 467 g/mol. The zero-order valence-electron chi connectivity index (χ0n) is 18.0. The number of methoxy groups -OCH3 is 1. The molecule has 170 valence electrons. The fourth-order valence-electron chi connectivity index (χ4n) is 4.30. The van der Waals surface area contributed by atoms with Crippen LogP contribution < -0.4 is 4.74 Å². The van der Waals surface area contributed by atoms with Crippen molar-refractivity contribution in [2.75, 3.05) is 33.3 Å². The maximum Gasteiger partial charge on any atom is 0.282 e. The van der Waals surface area contributed by atoms with Gasteiger partial charge in [-0.3, -0.25) is 0 Å². The summed E-state index contributed by atoms with van der Waals surface area (Å²) in [7, 11) is -2.01. The van der Waals surface area contributed by atoms with Crippen LogP contribution in [0, 0.1) is 23.1 Å². The minimum Gasteiger partial charge on any atom is -0.496 e. The summed E-state index contributed by atoms with van der Waals surface area (Å²) in [6.07, 6.45) is 4.10. The number of nitrogens with zero attached hydrogens (tertiary/aromatic N) is 4. The average molecular weight is 468 g/mol. The molecule has 8 nitrogen and oxygen atoms in total. The highest BCUT2D eigenvalue weighted by Crippen LogP contribution is 2.37. The summed E-state index contributed by atoms with van der Waals surface area (Å²) >= 11 is 0. The van der Waals surface area contributed by atoms with Gasteiger partial charge in [-0.05, 0) is 47.9 Å². The van der Waals surface area contributed by atoms with Crippen LogP contribution in [0.5, 0.6) is 5.75 Å². The van der Waals surface area contributed by atoms with Crippen LogP contribution in [-0.4, -0.2) is 60.3 Å². The van der Waals surface area contributed by atoms with Gasteiger partial charge in [-0.2, -0.15) is 22.3 Å². The first kappa shape index (κ1) is 21.6. The molecule has 1 N–H and O–H groups in total. The molecule has 10 heteroatoms. The molecule has 33 heavy (non-hydrogen) atoms. The Bertz CT molecular complexity index is 1400. The first-order valence-electron chi connectivity index (χ1n) is 10.6. The Morgan fingerprint density at radius 3 is 2.73 bits per heavy atom. The van der Waals surface area contributed by atoms with E-state index in [1.165, 1.54) is 20.7 Å². The molecule has 4 heterocycles. The molecule has 2 aliphatic rings. The predicted molar refractivity (Wildman–Crippen MR) is 122 cm³/mol. The molecule has 1 fully saturated rings. The van der Waals surface area contributed by atoms with Gasteiger partial charge in [0, 0.05) is 49.0 Å². The van der Waals surface area contributed by atoms with Crippen molar-refractivity contribution in [3.63, 3.8) is 0 Å². The normalized spacial score (nSPS) is 18.0. The number of pyridine rings is 1. The van der Waals surface area contributed by atoms with Gasteiger partial charge in [-0.15, -0.1) is 0 Å². The van der Waals surface area contributed by atoms with E-state index in [9.17, 15) is 12.8 Å². The van der Waals surface area contributed by atoms with Gasteiger partial charge in [0.1, 0.15) is 17.2 Å². The zero-order valence-corrected chi connectivity index (χ0v) is 18.8. The predicted octanol–water partition coefficient (Wildman–Crippen LogP) is 3.17. The standard InChI is InChI=1S/C23H22FN5O3S/c1-32-22-3-2-17(24)10-19(22)18-4-7-26-23-20(18)11-21(27-23)16-5-8-28(9-6-16)33(30,31)29-13-15(12-25)14-29/h2-5,7,10-11,15H,6,8-9,13-14H2,1H3,(H,26,27). The maximum atomic E-state index is 14.0. The molecular formula is C23H22FN5O3S. The topological polar surface area (TPSA) is 102 Å². The number of H-pyrrole nitrogens is 1. The summed E-state index contributed by atoms with van der Waals surface area (Å²) < 4.78 is 47.7. The van der Waals surface area contributed by atoms with Crippen molar-refractivity contribution in [1.29, 1.82) is 5.26 Å².